The number of rotatable bonds is 0. The molecule has 56 valence electrons. The molecule has 0 spiro atoms. The summed E-state index contributed by atoms with van der Waals surface area (Å²) in [5.41, 5.74) is 0.636. The maximum atomic E-state index is 9.19. The van der Waals surface area contributed by atoms with Crippen LogP contribution in [0.3, 0.4) is 0 Å². The summed E-state index contributed by atoms with van der Waals surface area (Å²) in [5, 5.41) is 15.7. The highest BCUT2D eigenvalue weighted by Crippen LogP contribution is 2.27. The smallest absolute Gasteiger partial charge is 0.157 e. The minimum Gasteiger partial charge on any atom is -0.504 e. The molecule has 0 aliphatic heterocycles. The lowest BCUT2D eigenvalue weighted by molar-refractivity contribution is 0.444. The van der Waals surface area contributed by atoms with Crippen LogP contribution < -0.4 is 0 Å². The first kappa shape index (κ1) is 7.12. The third-order valence-corrected chi connectivity index (χ3v) is 1.33. The number of aromatic amines is 1. The van der Waals surface area contributed by atoms with Gasteiger partial charge in [0.2, 0.25) is 0 Å². The lowest BCUT2D eigenvalue weighted by atomic mass is 9.92. The second-order valence-electron chi connectivity index (χ2n) is 3.37. The number of H-pyrrole nitrogens is 1. The first-order valence-electron chi connectivity index (χ1n) is 3.25. The van der Waals surface area contributed by atoms with Crippen molar-refractivity contribution in [1.82, 2.24) is 10.2 Å². The molecule has 0 bridgehead atoms. The number of hydrogen-bond acceptors (Lipinski definition) is 2. The van der Waals surface area contributed by atoms with Gasteiger partial charge in [0.15, 0.2) is 5.75 Å². The predicted octanol–water partition coefficient (Wildman–Crippen LogP) is 1.41. The second kappa shape index (κ2) is 2.01. The predicted molar refractivity (Wildman–Crippen MR) is 39.0 cm³/mol. The van der Waals surface area contributed by atoms with Crippen molar-refractivity contribution >= 4 is 0 Å². The number of hydrogen-bond donors (Lipinski definition) is 2. The molecule has 3 nitrogen and oxygen atoms in total. The van der Waals surface area contributed by atoms with Crippen LogP contribution in [0.2, 0.25) is 0 Å². The van der Waals surface area contributed by atoms with E-state index in [1.54, 1.807) is 0 Å². The Labute approximate surface area is 60.1 Å². The Morgan fingerprint density at radius 2 is 2.10 bits per heavy atom. The van der Waals surface area contributed by atoms with Crippen LogP contribution in [0.25, 0.3) is 0 Å². The highest BCUT2D eigenvalue weighted by Gasteiger charge is 2.20. The standard InChI is InChI=1S/C7H12N2O/c1-7(2,3)6-5(10)4-8-9-6/h4,10H,1-3H3,(H,8,9). The summed E-state index contributed by atoms with van der Waals surface area (Å²) in [6, 6.07) is 0. The van der Waals surface area contributed by atoms with Gasteiger partial charge >= 0.3 is 0 Å². The second-order valence-corrected chi connectivity index (χ2v) is 3.37. The molecule has 0 fully saturated rings. The van der Waals surface area contributed by atoms with Crippen molar-refractivity contribution in [2.75, 3.05) is 0 Å². The zero-order chi connectivity index (χ0) is 7.78. The van der Waals surface area contributed by atoms with Crippen LogP contribution in [0.4, 0.5) is 0 Å². The molecule has 0 saturated carbocycles. The molecular weight excluding hydrogens is 128 g/mol. The molecule has 0 aliphatic rings. The van der Waals surface area contributed by atoms with E-state index in [2.05, 4.69) is 10.2 Å². The van der Waals surface area contributed by atoms with E-state index in [9.17, 15) is 5.11 Å². The van der Waals surface area contributed by atoms with Gasteiger partial charge in [0.05, 0.1) is 6.20 Å². The van der Waals surface area contributed by atoms with Crippen LogP contribution in [-0.4, -0.2) is 15.3 Å². The van der Waals surface area contributed by atoms with Gasteiger partial charge in [-0.1, -0.05) is 20.8 Å². The van der Waals surface area contributed by atoms with Crippen molar-refractivity contribution in [2.24, 2.45) is 0 Å². The first-order chi connectivity index (χ1) is 4.52. The normalized spacial score (nSPS) is 11.9. The number of nitrogens with zero attached hydrogens (tertiary/aromatic N) is 1. The Hall–Kier alpha value is -0.990. The van der Waals surface area contributed by atoms with Gasteiger partial charge in [-0.2, -0.15) is 5.10 Å². The van der Waals surface area contributed by atoms with E-state index in [1.165, 1.54) is 6.20 Å². The molecule has 0 atom stereocenters. The molecule has 1 aromatic heterocycles. The number of aromatic hydroxyl groups is 1. The van der Waals surface area contributed by atoms with Crippen molar-refractivity contribution in [2.45, 2.75) is 26.2 Å². The van der Waals surface area contributed by atoms with Crippen LogP contribution in [0.5, 0.6) is 5.75 Å². The minimum absolute atomic E-state index is 0.0793. The Morgan fingerprint density at radius 3 is 2.30 bits per heavy atom. The lowest BCUT2D eigenvalue weighted by Gasteiger charge is -2.14. The number of aromatic nitrogens is 2. The lowest BCUT2D eigenvalue weighted by Crippen LogP contribution is -2.11. The van der Waals surface area contributed by atoms with E-state index in [0.717, 1.165) is 0 Å². The third-order valence-electron chi connectivity index (χ3n) is 1.33. The van der Waals surface area contributed by atoms with Gasteiger partial charge in [-0.3, -0.25) is 5.10 Å². The molecule has 10 heavy (non-hydrogen) atoms. The molecule has 0 radical (unpaired) electrons. The molecule has 0 saturated heterocycles. The monoisotopic (exact) mass is 140 g/mol. The van der Waals surface area contributed by atoms with Gasteiger partial charge in [-0.25, -0.2) is 0 Å². The maximum absolute atomic E-state index is 9.19. The molecule has 0 aromatic carbocycles. The van der Waals surface area contributed by atoms with Crippen LogP contribution in [0.1, 0.15) is 26.5 Å². The highest BCUT2D eigenvalue weighted by atomic mass is 16.3. The summed E-state index contributed by atoms with van der Waals surface area (Å²) >= 11 is 0. The summed E-state index contributed by atoms with van der Waals surface area (Å²) < 4.78 is 0. The molecular formula is C7H12N2O. The van der Waals surface area contributed by atoms with Gasteiger partial charge in [-0.05, 0) is 0 Å². The fraction of sp³-hybridized carbons (Fsp3) is 0.571. The fourth-order valence-corrected chi connectivity index (χ4v) is 0.836. The quantitative estimate of drug-likeness (QED) is 0.572. The molecule has 3 heteroatoms. The van der Waals surface area contributed by atoms with E-state index >= 15 is 0 Å². The van der Waals surface area contributed by atoms with Crippen LogP contribution in [-0.2, 0) is 5.41 Å². The van der Waals surface area contributed by atoms with Crippen LogP contribution in [0.15, 0.2) is 6.20 Å². The van der Waals surface area contributed by atoms with Crippen molar-refractivity contribution < 1.29 is 5.11 Å². The Bertz CT molecular complexity index is 222. The molecule has 0 amide bonds. The zero-order valence-corrected chi connectivity index (χ0v) is 6.47. The summed E-state index contributed by atoms with van der Waals surface area (Å²) in [6.45, 7) is 6.01. The minimum atomic E-state index is -0.0793. The molecule has 1 heterocycles. The Kier molecular flexibility index (Phi) is 1.43. The van der Waals surface area contributed by atoms with Gasteiger partial charge < -0.3 is 5.11 Å². The zero-order valence-electron chi connectivity index (χ0n) is 6.47. The molecule has 1 aromatic rings. The van der Waals surface area contributed by atoms with Gasteiger partial charge in [0.25, 0.3) is 0 Å². The molecule has 1 rings (SSSR count). The highest BCUT2D eigenvalue weighted by molar-refractivity contribution is 5.27. The largest absolute Gasteiger partial charge is 0.504 e. The van der Waals surface area contributed by atoms with Crippen molar-refractivity contribution in [1.29, 1.82) is 0 Å². The maximum Gasteiger partial charge on any atom is 0.157 e. The summed E-state index contributed by atoms with van der Waals surface area (Å²) in [7, 11) is 0. The van der Waals surface area contributed by atoms with E-state index in [1.807, 2.05) is 20.8 Å². The van der Waals surface area contributed by atoms with Crippen LogP contribution >= 0.6 is 0 Å². The SMILES string of the molecule is CC(C)(C)c1n[nH]cc1O. The van der Waals surface area contributed by atoms with Crippen molar-refractivity contribution in [3.05, 3.63) is 11.9 Å². The molecule has 0 unspecified atom stereocenters. The Morgan fingerprint density at radius 1 is 1.50 bits per heavy atom. The van der Waals surface area contributed by atoms with E-state index in [-0.39, 0.29) is 11.2 Å². The topological polar surface area (TPSA) is 48.9 Å². The summed E-state index contributed by atoms with van der Waals surface area (Å²) in [5.74, 6) is 0.243. The summed E-state index contributed by atoms with van der Waals surface area (Å²) in [6.07, 6.45) is 1.49. The average molecular weight is 140 g/mol. The van der Waals surface area contributed by atoms with Gasteiger partial charge in [0.1, 0.15) is 5.69 Å². The van der Waals surface area contributed by atoms with Crippen LogP contribution in [0, 0.1) is 0 Å². The van der Waals surface area contributed by atoms with Crippen molar-refractivity contribution in [3.8, 4) is 5.75 Å². The Balaban J connectivity index is 3.05. The van der Waals surface area contributed by atoms with Gasteiger partial charge in [0, 0.05) is 5.41 Å². The van der Waals surface area contributed by atoms with E-state index < -0.39 is 0 Å². The number of nitrogens with one attached hydrogen (secondary N) is 1. The average Bonchev–Trinajstić information content (AvgIpc) is 2.11. The molecule has 0 aliphatic carbocycles. The molecule has 2 N–H and O–H groups in total. The summed E-state index contributed by atoms with van der Waals surface area (Å²) in [4.78, 5) is 0. The third kappa shape index (κ3) is 1.12. The fourth-order valence-electron chi connectivity index (χ4n) is 0.836. The van der Waals surface area contributed by atoms with Crippen molar-refractivity contribution in [3.63, 3.8) is 0 Å². The first-order valence-corrected chi connectivity index (χ1v) is 3.25. The van der Waals surface area contributed by atoms with E-state index in [4.69, 9.17) is 0 Å². The van der Waals surface area contributed by atoms with Gasteiger partial charge in [-0.15, -0.1) is 0 Å². The van der Waals surface area contributed by atoms with E-state index in [0.29, 0.717) is 5.69 Å².